The summed E-state index contributed by atoms with van der Waals surface area (Å²) in [5.74, 6) is -0.473. The number of nitrogens with zero attached hydrogens (tertiary/aromatic N) is 15. The number of piperazine rings is 3. The molecule has 18 rings (SSSR count). The van der Waals surface area contributed by atoms with E-state index < -0.39 is 23.2 Å². The Bertz CT molecular complexity index is 5900. The molecule has 582 valence electrons. The number of hydrogen-bond donors (Lipinski definition) is 6. The topological polar surface area (TPSA) is 300 Å². The average molecular weight is 1530 g/mol. The van der Waals surface area contributed by atoms with Crippen molar-refractivity contribution in [3.8, 4) is 17.1 Å². The lowest BCUT2D eigenvalue weighted by Crippen LogP contribution is -2.44. The summed E-state index contributed by atoms with van der Waals surface area (Å²) in [5, 5.41) is 16.1. The van der Waals surface area contributed by atoms with Gasteiger partial charge in [0.1, 0.15) is 16.7 Å². The fourth-order valence-corrected chi connectivity index (χ4v) is 16.0. The van der Waals surface area contributed by atoms with Gasteiger partial charge in [0.15, 0.2) is 16.9 Å². The van der Waals surface area contributed by atoms with Gasteiger partial charge in [0.2, 0.25) is 34.1 Å². The van der Waals surface area contributed by atoms with Gasteiger partial charge in [0.25, 0.3) is 17.7 Å². The molecule has 0 unspecified atom stereocenters. The van der Waals surface area contributed by atoms with Gasteiger partial charge < -0.3 is 75.4 Å². The number of amides is 3. The van der Waals surface area contributed by atoms with Gasteiger partial charge in [0, 0.05) is 180 Å². The van der Waals surface area contributed by atoms with Crippen molar-refractivity contribution in [2.75, 3.05) is 144 Å². The maximum atomic E-state index is 13.3. The van der Waals surface area contributed by atoms with Gasteiger partial charge >= 0.3 is 0 Å². The summed E-state index contributed by atoms with van der Waals surface area (Å²) in [7, 11) is 7.95. The zero-order chi connectivity index (χ0) is 78.7. The lowest BCUT2D eigenvalue weighted by Gasteiger charge is -2.34. The van der Waals surface area contributed by atoms with E-state index >= 15 is 0 Å². The molecule has 27 nitrogen and oxygen atoms in total. The third-order valence-corrected chi connectivity index (χ3v) is 22.5. The molecule has 6 aromatic carbocycles. The molecule has 0 bridgehead atoms. The van der Waals surface area contributed by atoms with Crippen molar-refractivity contribution < 1.29 is 14.4 Å². The average Bonchev–Trinajstić information content (AvgIpc) is 1.66. The number of anilines is 9. The van der Waals surface area contributed by atoms with Crippen LogP contribution in [0.4, 0.5) is 52.0 Å². The highest BCUT2D eigenvalue weighted by atomic mass is 16.2. The summed E-state index contributed by atoms with van der Waals surface area (Å²) in [6.45, 7) is 14.3. The Morgan fingerprint density at radius 1 is 0.386 bits per heavy atom. The van der Waals surface area contributed by atoms with Gasteiger partial charge in [-0.2, -0.15) is 15.0 Å². The predicted molar refractivity (Wildman–Crippen MR) is 450 cm³/mol. The molecular formula is C87H93N21O6. The molecule has 9 heterocycles. The summed E-state index contributed by atoms with van der Waals surface area (Å²) in [5.41, 5.74) is 22.2. The minimum absolute atomic E-state index is 0.0599. The smallest absolute Gasteiger partial charge is 0.256 e. The molecule has 3 aliphatic heterocycles. The number of aryl methyl sites for hydroxylation is 6. The zero-order valence-corrected chi connectivity index (χ0v) is 64.9. The summed E-state index contributed by atoms with van der Waals surface area (Å²) < 4.78 is 5.43. The summed E-state index contributed by atoms with van der Waals surface area (Å²) in [6.07, 6.45) is 18.9. The number of carbonyl (C=O) groups excluding carboxylic acids is 3. The van der Waals surface area contributed by atoms with Crippen molar-refractivity contribution >= 4 is 103 Å². The molecule has 0 saturated carbocycles. The van der Waals surface area contributed by atoms with Crippen LogP contribution < -0.4 is 63.3 Å². The second-order valence-electron chi connectivity index (χ2n) is 30.1. The van der Waals surface area contributed by atoms with E-state index in [1.54, 1.807) is 17.0 Å². The fourth-order valence-electron chi connectivity index (χ4n) is 16.0. The first-order chi connectivity index (χ1) is 55.4. The van der Waals surface area contributed by atoms with Crippen molar-refractivity contribution in [1.82, 2.24) is 68.9 Å². The number of fused-ring (bicyclic) bond motifs is 6. The molecule has 3 amide bonds. The van der Waals surface area contributed by atoms with Gasteiger partial charge in [-0.1, -0.05) is 36.4 Å². The normalized spacial score (nSPS) is 15.5. The number of hydrogen-bond acceptors (Lipinski definition) is 21. The zero-order valence-electron chi connectivity index (χ0n) is 64.9. The van der Waals surface area contributed by atoms with Crippen LogP contribution in [0.25, 0.3) is 50.2 Å². The van der Waals surface area contributed by atoms with Crippen LogP contribution in [0.15, 0.2) is 179 Å². The molecule has 6 aromatic heterocycles. The Morgan fingerprint density at radius 3 is 1.03 bits per heavy atom. The maximum absolute atomic E-state index is 13.3. The molecule has 7 N–H and O–H groups in total. The van der Waals surface area contributed by atoms with E-state index in [9.17, 15) is 28.8 Å². The van der Waals surface area contributed by atoms with E-state index in [0.717, 1.165) is 188 Å². The Balaban J connectivity index is 0.000000129. The van der Waals surface area contributed by atoms with E-state index in [-0.39, 0.29) is 32.9 Å². The summed E-state index contributed by atoms with van der Waals surface area (Å²) in [6, 6.07) is 43.4. The van der Waals surface area contributed by atoms with Crippen molar-refractivity contribution in [2.45, 2.75) is 64.7 Å². The van der Waals surface area contributed by atoms with Crippen LogP contribution >= 0.6 is 0 Å². The van der Waals surface area contributed by atoms with Gasteiger partial charge in [-0.05, 0) is 210 Å². The molecule has 6 aliphatic rings. The van der Waals surface area contributed by atoms with Gasteiger partial charge in [-0.25, -0.2) is 15.0 Å². The monoisotopic (exact) mass is 1530 g/mol. The molecule has 3 saturated heterocycles. The second kappa shape index (κ2) is 32.9. The number of likely N-dealkylation sites (N-methyl/N-ethyl adjacent to an activating group) is 3. The molecule has 0 spiro atoms. The highest BCUT2D eigenvalue weighted by Crippen LogP contribution is 2.33. The number of aromatic nitrogens is 9. The number of primary amides is 1. The number of carbonyl (C=O) groups is 3. The molecule has 3 aliphatic carbocycles. The third kappa shape index (κ3) is 16.1. The highest BCUT2D eigenvalue weighted by molar-refractivity contribution is 5.99. The SMILES string of the molecule is CCNC(=O)c1cn(-c2ccc3c(c2)CCC3)c2nc(Nc3cccc(N4CCN(C)CC4)c3)ncc2c1=O.CN1CCN(c2cccc(Nc3ncc4c(=O)c(C(N)=O)cn(-c5ccc6c(c5)CCC6)c4n3)c2)CC1.CNC(=O)c1cn(-c2ccc3c(c2)CCC3)c2nc(Nc3cccc(N4CCN(C)CC4)c3)ncc2c1=O. The van der Waals surface area contributed by atoms with Crippen molar-refractivity contribution in [3.05, 3.63) is 245 Å². The minimum atomic E-state index is -0.773. The predicted octanol–water partition coefficient (Wildman–Crippen LogP) is 9.50. The van der Waals surface area contributed by atoms with E-state index in [1.807, 2.05) is 70.7 Å². The van der Waals surface area contributed by atoms with Crippen LogP contribution in [0.2, 0.25) is 0 Å². The van der Waals surface area contributed by atoms with E-state index in [2.05, 4.69) is 165 Å². The number of nitrogens with two attached hydrogens (primary N) is 1. The van der Waals surface area contributed by atoms with E-state index in [1.165, 1.54) is 65.2 Å². The molecule has 12 aromatic rings. The lowest BCUT2D eigenvalue weighted by molar-refractivity contribution is 0.0949. The van der Waals surface area contributed by atoms with Crippen LogP contribution in [0, 0.1) is 0 Å². The number of rotatable bonds is 16. The van der Waals surface area contributed by atoms with Crippen LogP contribution in [0.1, 0.15) is 90.6 Å². The number of nitrogens with one attached hydrogen (secondary N) is 5. The van der Waals surface area contributed by atoms with Crippen molar-refractivity contribution in [2.24, 2.45) is 5.73 Å². The van der Waals surface area contributed by atoms with Crippen LogP contribution in [-0.4, -0.2) is 189 Å². The summed E-state index contributed by atoms with van der Waals surface area (Å²) in [4.78, 5) is 119. The van der Waals surface area contributed by atoms with E-state index in [4.69, 9.17) is 20.7 Å². The lowest BCUT2D eigenvalue weighted by atomic mass is 10.1. The van der Waals surface area contributed by atoms with Crippen LogP contribution in [-0.2, 0) is 38.5 Å². The molecular weight excluding hydrogens is 1440 g/mol. The molecule has 3 fully saturated rings. The van der Waals surface area contributed by atoms with E-state index in [0.29, 0.717) is 52.1 Å². The molecule has 0 atom stereocenters. The Hall–Kier alpha value is -12.7. The van der Waals surface area contributed by atoms with Crippen LogP contribution in [0.5, 0.6) is 0 Å². The minimum Gasteiger partial charge on any atom is -0.369 e. The Morgan fingerprint density at radius 2 is 0.702 bits per heavy atom. The first kappa shape index (κ1) is 75.3. The number of pyridine rings is 3. The van der Waals surface area contributed by atoms with Crippen molar-refractivity contribution in [1.29, 1.82) is 0 Å². The molecule has 27 heteroatoms. The van der Waals surface area contributed by atoms with Crippen LogP contribution in [0.3, 0.4) is 0 Å². The standard InChI is InChI=1S/C30H33N7O2.C29H31N7O2.C28H29N7O2/c1-3-31-29(39)26-19-37(24-11-10-20-6-4-7-21(20)16-24)28-25(27(26)38)18-32-30(34-28)33-22-8-5-9-23(17-22)36-14-12-35(2)13-15-36;1-30-28(38)25-18-36(23-10-9-19-5-3-6-20(19)15-23)27-24(26(25)37)17-31-29(33-27)32-21-7-4-8-22(16-21)35-13-11-34(2)12-14-35;1-33-10-12-34(13-11-33)21-7-3-6-20(15-21)31-28-30-16-23-25(36)24(26(29)37)17-35(27(23)32-28)22-9-8-18-4-2-5-19(18)14-22/h5,8-11,16-19H,3-4,6-7,12-15H2,1-2H3,(H,31,39)(H,32,33,34);4,7-10,15-18H,3,5-6,11-14H2,1-2H3,(H,30,38)(H,31,32,33);3,6-9,14-17H,2,4-5,10-13H2,1H3,(H2,29,37)(H,30,31,32). The second-order valence-corrected chi connectivity index (χ2v) is 30.1. The van der Waals surface area contributed by atoms with Gasteiger partial charge in [0.05, 0.1) is 16.2 Å². The first-order valence-corrected chi connectivity index (χ1v) is 39.3. The third-order valence-electron chi connectivity index (χ3n) is 22.5. The maximum Gasteiger partial charge on any atom is 0.256 e. The highest BCUT2D eigenvalue weighted by Gasteiger charge is 2.26. The van der Waals surface area contributed by atoms with Gasteiger partial charge in [-0.15, -0.1) is 0 Å². The van der Waals surface area contributed by atoms with Gasteiger partial charge in [-0.3, -0.25) is 28.8 Å². The first-order valence-electron chi connectivity index (χ1n) is 39.3. The quantitative estimate of drug-likeness (QED) is 0.0524. The fraction of sp³-hybridized carbons (Fsp3) is 0.310. The molecule has 114 heavy (non-hydrogen) atoms. The number of benzene rings is 6. The Kier molecular flexibility index (Phi) is 21.8. The largest absolute Gasteiger partial charge is 0.369 e. The summed E-state index contributed by atoms with van der Waals surface area (Å²) >= 11 is 0. The van der Waals surface area contributed by atoms with Crippen molar-refractivity contribution in [3.63, 3.8) is 0 Å². The molecule has 0 radical (unpaired) electrons. The Labute approximate surface area is 659 Å².